The van der Waals surface area contributed by atoms with Crippen molar-refractivity contribution < 1.29 is 28.6 Å². The number of unbranched alkanes of at least 4 members (excludes halogenated alkanes) is 19. The molecule has 6 nitrogen and oxygen atoms in total. The maximum atomic E-state index is 12.8. The van der Waals surface area contributed by atoms with Gasteiger partial charge in [0.1, 0.15) is 13.2 Å². The summed E-state index contributed by atoms with van der Waals surface area (Å²) in [5.41, 5.74) is 0. The van der Waals surface area contributed by atoms with Crippen molar-refractivity contribution in [3.8, 4) is 0 Å². The summed E-state index contributed by atoms with van der Waals surface area (Å²) in [5.74, 6) is -0.995. The summed E-state index contributed by atoms with van der Waals surface area (Å²) in [6.07, 6.45) is 65.4. The van der Waals surface area contributed by atoms with Crippen LogP contribution < -0.4 is 0 Å². The minimum Gasteiger partial charge on any atom is -0.462 e. The van der Waals surface area contributed by atoms with E-state index in [-0.39, 0.29) is 37.5 Å². The van der Waals surface area contributed by atoms with E-state index in [2.05, 4.69) is 118 Å². The molecule has 0 aliphatic rings. The van der Waals surface area contributed by atoms with Gasteiger partial charge in [0.15, 0.2) is 6.10 Å². The first-order valence-corrected chi connectivity index (χ1v) is 25.3. The number of rotatable bonds is 44. The molecule has 0 aromatic rings. The molecule has 0 aliphatic heterocycles. The lowest BCUT2D eigenvalue weighted by molar-refractivity contribution is -0.167. The zero-order chi connectivity index (χ0) is 45.1. The van der Waals surface area contributed by atoms with Crippen LogP contribution in [0, 0.1) is 0 Å². The summed E-state index contributed by atoms with van der Waals surface area (Å²) in [7, 11) is 0. The number of allylic oxidation sites excluding steroid dienone is 16. The van der Waals surface area contributed by atoms with Gasteiger partial charge in [-0.15, -0.1) is 0 Å². The quantitative estimate of drug-likeness (QED) is 0.0200. The zero-order valence-electron chi connectivity index (χ0n) is 40.1. The number of hydrogen-bond acceptors (Lipinski definition) is 6. The van der Waals surface area contributed by atoms with Gasteiger partial charge in [-0.1, -0.05) is 201 Å². The molecule has 0 spiro atoms. The molecule has 0 saturated heterocycles. The summed E-state index contributed by atoms with van der Waals surface area (Å²) >= 11 is 0. The first kappa shape index (κ1) is 58.3. The van der Waals surface area contributed by atoms with Crippen molar-refractivity contribution in [2.45, 2.75) is 226 Å². The summed E-state index contributed by atoms with van der Waals surface area (Å²) in [6.45, 7) is 6.31. The molecule has 6 heteroatoms. The van der Waals surface area contributed by atoms with Crippen molar-refractivity contribution >= 4 is 17.9 Å². The normalized spacial score (nSPS) is 12.9. The number of carbonyl (C=O) groups is 3. The van der Waals surface area contributed by atoms with Gasteiger partial charge in [-0.25, -0.2) is 0 Å². The Bertz CT molecular complexity index is 1260. The monoisotopic (exact) mass is 861 g/mol. The molecule has 62 heavy (non-hydrogen) atoms. The van der Waals surface area contributed by atoms with Crippen molar-refractivity contribution in [1.29, 1.82) is 0 Å². The minimum atomic E-state index is -0.810. The molecular weight excluding hydrogens is 769 g/mol. The fourth-order valence-corrected chi connectivity index (χ4v) is 6.61. The highest BCUT2D eigenvalue weighted by atomic mass is 16.6. The molecule has 0 saturated carbocycles. The topological polar surface area (TPSA) is 78.9 Å². The van der Waals surface area contributed by atoms with Crippen molar-refractivity contribution in [1.82, 2.24) is 0 Å². The summed E-state index contributed by atoms with van der Waals surface area (Å²) in [5, 5.41) is 0. The van der Waals surface area contributed by atoms with Gasteiger partial charge in [-0.3, -0.25) is 14.4 Å². The highest BCUT2D eigenvalue weighted by Crippen LogP contribution is 2.13. The highest BCUT2D eigenvalue weighted by molar-refractivity contribution is 5.71. The number of carbonyl (C=O) groups excluding carboxylic acids is 3. The second-order valence-electron chi connectivity index (χ2n) is 16.4. The molecule has 0 heterocycles. The first-order valence-electron chi connectivity index (χ1n) is 25.3. The molecule has 0 N–H and O–H groups in total. The van der Waals surface area contributed by atoms with E-state index >= 15 is 0 Å². The maximum Gasteiger partial charge on any atom is 0.306 e. The van der Waals surface area contributed by atoms with Gasteiger partial charge in [-0.2, -0.15) is 0 Å². The van der Waals surface area contributed by atoms with Crippen LogP contribution in [-0.2, 0) is 28.6 Å². The van der Waals surface area contributed by atoms with Crippen molar-refractivity contribution in [2.75, 3.05) is 13.2 Å². The van der Waals surface area contributed by atoms with E-state index in [0.717, 1.165) is 103 Å². The Balaban J connectivity index is 4.50. The van der Waals surface area contributed by atoms with Gasteiger partial charge in [0.05, 0.1) is 0 Å². The molecule has 1 unspecified atom stereocenters. The molecule has 0 radical (unpaired) electrons. The third kappa shape index (κ3) is 47.4. The van der Waals surface area contributed by atoms with E-state index < -0.39 is 6.10 Å². The van der Waals surface area contributed by atoms with Gasteiger partial charge in [-0.05, 0) is 96.3 Å². The fourth-order valence-electron chi connectivity index (χ4n) is 6.61. The number of hydrogen-bond donors (Lipinski definition) is 0. The summed E-state index contributed by atoms with van der Waals surface area (Å²) in [6, 6.07) is 0. The lowest BCUT2D eigenvalue weighted by Gasteiger charge is -2.18. The molecule has 0 fully saturated rings. The lowest BCUT2D eigenvalue weighted by Crippen LogP contribution is -2.30. The summed E-state index contributed by atoms with van der Waals surface area (Å²) in [4.78, 5) is 37.9. The third-order valence-electron chi connectivity index (χ3n) is 10.4. The Morgan fingerprint density at radius 3 is 1.23 bits per heavy atom. The Morgan fingerprint density at radius 2 is 0.726 bits per heavy atom. The van der Waals surface area contributed by atoms with Crippen molar-refractivity contribution in [3.63, 3.8) is 0 Å². The minimum absolute atomic E-state index is 0.108. The van der Waals surface area contributed by atoms with Crippen LogP contribution in [0.2, 0.25) is 0 Å². The molecule has 0 aromatic carbocycles. The Kier molecular flexibility index (Phi) is 47.0. The second kappa shape index (κ2) is 50.0. The van der Waals surface area contributed by atoms with Crippen molar-refractivity contribution in [3.05, 3.63) is 97.2 Å². The molecule has 0 bridgehead atoms. The molecule has 352 valence electrons. The van der Waals surface area contributed by atoms with Gasteiger partial charge in [0.2, 0.25) is 0 Å². The largest absolute Gasteiger partial charge is 0.462 e. The average molecular weight is 861 g/mol. The molecule has 0 amide bonds. The molecule has 0 rings (SSSR count). The van der Waals surface area contributed by atoms with E-state index in [0.29, 0.717) is 19.3 Å². The van der Waals surface area contributed by atoms with Crippen LogP contribution in [0.5, 0.6) is 0 Å². The van der Waals surface area contributed by atoms with E-state index in [1.165, 1.54) is 70.6 Å². The van der Waals surface area contributed by atoms with Crippen LogP contribution in [0.3, 0.4) is 0 Å². The van der Waals surface area contributed by atoms with E-state index in [9.17, 15) is 14.4 Å². The highest BCUT2D eigenvalue weighted by Gasteiger charge is 2.19. The average Bonchev–Trinajstić information content (AvgIpc) is 3.27. The summed E-state index contributed by atoms with van der Waals surface area (Å²) < 4.78 is 16.7. The van der Waals surface area contributed by atoms with Crippen LogP contribution in [0.15, 0.2) is 97.2 Å². The van der Waals surface area contributed by atoms with Gasteiger partial charge >= 0.3 is 17.9 Å². The van der Waals surface area contributed by atoms with Crippen LogP contribution >= 0.6 is 0 Å². The fraction of sp³-hybridized carbons (Fsp3) is 0.661. The molecule has 0 aliphatic carbocycles. The van der Waals surface area contributed by atoms with Gasteiger partial charge in [0.25, 0.3) is 0 Å². The van der Waals surface area contributed by atoms with Gasteiger partial charge < -0.3 is 14.2 Å². The SMILES string of the molecule is CC\C=C/C=C\C=C/CCCCCCCC(=O)OCC(COC(=O)CCC/C=C\C/C=C\C/C=C\CCCCCCCC)OC(=O)CCCCCCCCC/C=C\C/C=C\CC. The van der Waals surface area contributed by atoms with Crippen LogP contribution in [0.25, 0.3) is 0 Å². The molecule has 0 aromatic heterocycles. The Morgan fingerprint density at radius 1 is 0.355 bits per heavy atom. The second-order valence-corrected chi connectivity index (χ2v) is 16.4. The lowest BCUT2D eigenvalue weighted by atomic mass is 10.1. The zero-order valence-corrected chi connectivity index (χ0v) is 40.1. The predicted octanol–water partition coefficient (Wildman–Crippen LogP) is 16.6. The predicted molar refractivity (Wildman–Crippen MR) is 265 cm³/mol. The smallest absolute Gasteiger partial charge is 0.306 e. The van der Waals surface area contributed by atoms with E-state index in [1.807, 2.05) is 0 Å². The number of ether oxygens (including phenoxy) is 3. The molecular formula is C56H92O6. The van der Waals surface area contributed by atoms with E-state index in [4.69, 9.17) is 14.2 Å². The first-order chi connectivity index (χ1) is 30.5. The van der Waals surface area contributed by atoms with E-state index in [1.54, 1.807) is 0 Å². The maximum absolute atomic E-state index is 12.8. The Hall–Kier alpha value is -3.67. The van der Waals surface area contributed by atoms with Crippen LogP contribution in [0.1, 0.15) is 220 Å². The third-order valence-corrected chi connectivity index (χ3v) is 10.4. The number of esters is 3. The van der Waals surface area contributed by atoms with Crippen molar-refractivity contribution in [2.24, 2.45) is 0 Å². The van der Waals surface area contributed by atoms with Gasteiger partial charge in [0, 0.05) is 19.3 Å². The van der Waals surface area contributed by atoms with Crippen LogP contribution in [0.4, 0.5) is 0 Å². The molecule has 1 atom stereocenters. The standard InChI is InChI=1S/C56H92O6/c1-4-7-10-13-16-19-22-25-27-28-29-32-34-37-40-43-46-49-55(58)61-52-53(51-60-54(57)48-45-42-39-36-33-30-24-21-18-15-12-9-6-3)62-56(59)50-47-44-41-38-35-31-26-23-20-17-14-11-8-5-2/h8-9,11-12,15,17-18,20-21,24-25,27,29,32,37,40,53H,4-7,10,13-14,16,19,22-23,26,28,30-31,33-36,38-39,41-52H2,1-3H3/b11-8-,12-9-,18-15-,20-17-,24-21-,27-25-,32-29-,40-37-. The Labute approximate surface area is 381 Å². The van der Waals surface area contributed by atoms with Crippen LogP contribution in [-0.4, -0.2) is 37.2 Å².